The van der Waals surface area contributed by atoms with Crippen LogP contribution in [0, 0.1) is 0 Å². The van der Waals surface area contributed by atoms with Gasteiger partial charge in [0.25, 0.3) is 0 Å². The Morgan fingerprint density at radius 2 is 2.10 bits per heavy atom. The Labute approximate surface area is 124 Å². The van der Waals surface area contributed by atoms with Gasteiger partial charge in [0, 0.05) is 11.5 Å². The lowest BCUT2D eigenvalue weighted by molar-refractivity contribution is -0.144. The van der Waals surface area contributed by atoms with E-state index in [9.17, 15) is 9.90 Å². The van der Waals surface area contributed by atoms with Crippen LogP contribution in [0.5, 0.6) is 0 Å². The van der Waals surface area contributed by atoms with Gasteiger partial charge in [-0.3, -0.25) is 5.32 Å². The molecule has 0 amide bonds. The summed E-state index contributed by atoms with van der Waals surface area (Å²) in [6.07, 6.45) is 2.65. The summed E-state index contributed by atoms with van der Waals surface area (Å²) >= 11 is 0. The first-order valence-corrected chi connectivity index (χ1v) is 7.13. The SMILES string of the molecule is CCCc1ccc(C(C)(NCCCN=[N+]=[N-])C(=O)O)cc1. The third-order valence-electron chi connectivity index (χ3n) is 3.47. The topological polar surface area (TPSA) is 98.1 Å². The molecule has 6 nitrogen and oxygen atoms in total. The average molecular weight is 290 g/mol. The van der Waals surface area contributed by atoms with Crippen LogP contribution in [0.15, 0.2) is 29.4 Å². The van der Waals surface area contributed by atoms with Gasteiger partial charge in [0.1, 0.15) is 5.54 Å². The highest BCUT2D eigenvalue weighted by Crippen LogP contribution is 2.22. The summed E-state index contributed by atoms with van der Waals surface area (Å²) in [5.41, 5.74) is 8.99. The third-order valence-corrected chi connectivity index (χ3v) is 3.47. The first-order chi connectivity index (χ1) is 10.0. The maximum Gasteiger partial charge on any atom is 0.328 e. The van der Waals surface area contributed by atoms with Crippen molar-refractivity contribution in [3.8, 4) is 0 Å². The number of nitrogens with zero attached hydrogens (tertiary/aromatic N) is 3. The number of benzene rings is 1. The molecule has 21 heavy (non-hydrogen) atoms. The van der Waals surface area contributed by atoms with Crippen molar-refractivity contribution in [3.05, 3.63) is 45.8 Å². The zero-order valence-corrected chi connectivity index (χ0v) is 12.5. The van der Waals surface area contributed by atoms with Crippen LogP contribution in [0.2, 0.25) is 0 Å². The van der Waals surface area contributed by atoms with Crippen molar-refractivity contribution in [3.63, 3.8) is 0 Å². The summed E-state index contributed by atoms with van der Waals surface area (Å²) in [7, 11) is 0. The van der Waals surface area contributed by atoms with Crippen molar-refractivity contribution in [2.24, 2.45) is 5.11 Å². The minimum atomic E-state index is -1.14. The summed E-state index contributed by atoms with van der Waals surface area (Å²) in [5.74, 6) is -0.922. The fourth-order valence-electron chi connectivity index (χ4n) is 2.13. The van der Waals surface area contributed by atoms with Crippen molar-refractivity contribution in [1.82, 2.24) is 5.32 Å². The molecule has 0 fully saturated rings. The smallest absolute Gasteiger partial charge is 0.328 e. The Kier molecular flexibility index (Phi) is 6.72. The van der Waals surface area contributed by atoms with Gasteiger partial charge in [0.05, 0.1) is 0 Å². The van der Waals surface area contributed by atoms with Crippen LogP contribution in [0.25, 0.3) is 10.4 Å². The van der Waals surface area contributed by atoms with Gasteiger partial charge >= 0.3 is 5.97 Å². The van der Waals surface area contributed by atoms with Gasteiger partial charge in [-0.05, 0) is 43.0 Å². The third kappa shape index (κ3) is 4.77. The van der Waals surface area contributed by atoms with Crippen LogP contribution in [0.1, 0.15) is 37.8 Å². The van der Waals surface area contributed by atoms with E-state index >= 15 is 0 Å². The molecular weight excluding hydrogens is 268 g/mol. The molecule has 0 aromatic heterocycles. The normalized spacial score (nSPS) is 13.2. The van der Waals surface area contributed by atoms with Crippen LogP contribution in [-0.4, -0.2) is 24.2 Å². The van der Waals surface area contributed by atoms with Gasteiger partial charge in [0.15, 0.2) is 0 Å². The predicted octanol–water partition coefficient (Wildman–Crippen LogP) is 3.23. The second-order valence-electron chi connectivity index (χ2n) is 5.11. The molecule has 0 aliphatic heterocycles. The number of nitrogens with one attached hydrogen (secondary N) is 1. The molecule has 0 spiro atoms. The van der Waals surface area contributed by atoms with Crippen LogP contribution < -0.4 is 5.32 Å². The number of aliphatic carboxylic acids is 1. The van der Waals surface area contributed by atoms with Crippen molar-refractivity contribution >= 4 is 5.97 Å². The molecule has 1 aromatic rings. The molecule has 1 aromatic carbocycles. The Morgan fingerprint density at radius 1 is 1.43 bits per heavy atom. The molecule has 0 bridgehead atoms. The molecule has 2 N–H and O–H groups in total. The summed E-state index contributed by atoms with van der Waals surface area (Å²) < 4.78 is 0. The van der Waals surface area contributed by atoms with Crippen LogP contribution in [0.3, 0.4) is 0 Å². The van der Waals surface area contributed by atoms with E-state index in [1.807, 2.05) is 24.3 Å². The van der Waals surface area contributed by atoms with E-state index in [4.69, 9.17) is 5.53 Å². The first kappa shape index (κ1) is 17.0. The highest BCUT2D eigenvalue weighted by molar-refractivity contribution is 5.80. The monoisotopic (exact) mass is 290 g/mol. The molecule has 0 saturated heterocycles. The standard InChI is InChI=1S/C15H22N4O2/c1-3-5-12-6-8-13(9-7-12)15(2,14(20)21)17-10-4-11-18-19-16/h6-9,17H,3-5,10-11H2,1-2H3,(H,20,21). The second kappa shape index (κ2) is 8.29. The van der Waals surface area contributed by atoms with Gasteiger partial charge in [-0.1, -0.05) is 42.7 Å². The van der Waals surface area contributed by atoms with Crippen molar-refractivity contribution < 1.29 is 9.90 Å². The average Bonchev–Trinajstić information content (AvgIpc) is 2.47. The summed E-state index contributed by atoms with van der Waals surface area (Å²) in [6.45, 7) is 4.59. The molecule has 0 saturated carbocycles. The Hall–Kier alpha value is -2.04. The number of carboxylic acid groups (broad SMARTS) is 1. The lowest BCUT2D eigenvalue weighted by atomic mass is 9.90. The fraction of sp³-hybridized carbons (Fsp3) is 0.533. The minimum absolute atomic E-state index is 0.356. The highest BCUT2D eigenvalue weighted by atomic mass is 16.4. The number of rotatable bonds is 9. The zero-order valence-electron chi connectivity index (χ0n) is 12.5. The van der Waals surface area contributed by atoms with Crippen LogP contribution in [0.4, 0.5) is 0 Å². The number of carboxylic acids is 1. The van der Waals surface area contributed by atoms with Gasteiger partial charge in [-0.2, -0.15) is 0 Å². The fourth-order valence-corrected chi connectivity index (χ4v) is 2.13. The first-order valence-electron chi connectivity index (χ1n) is 7.13. The van der Waals surface area contributed by atoms with Gasteiger partial charge in [0.2, 0.25) is 0 Å². The van der Waals surface area contributed by atoms with Crippen LogP contribution in [-0.2, 0) is 16.8 Å². The maximum absolute atomic E-state index is 11.6. The highest BCUT2D eigenvalue weighted by Gasteiger charge is 2.34. The molecule has 6 heteroatoms. The lowest BCUT2D eigenvalue weighted by Gasteiger charge is -2.27. The quantitative estimate of drug-likeness (QED) is 0.316. The summed E-state index contributed by atoms with van der Waals surface area (Å²) in [5, 5.41) is 16.0. The molecule has 0 radical (unpaired) electrons. The lowest BCUT2D eigenvalue weighted by Crippen LogP contribution is -2.47. The maximum atomic E-state index is 11.6. The molecule has 0 aliphatic carbocycles. The molecule has 0 heterocycles. The molecule has 114 valence electrons. The Bertz CT molecular complexity index is 509. The van der Waals surface area contributed by atoms with Crippen LogP contribution >= 0.6 is 0 Å². The number of carbonyl (C=O) groups is 1. The molecule has 1 unspecified atom stereocenters. The molecular formula is C15H22N4O2. The van der Waals surface area contributed by atoms with Crippen molar-refractivity contribution in [2.45, 2.75) is 38.6 Å². The van der Waals surface area contributed by atoms with E-state index in [1.54, 1.807) is 6.92 Å². The summed E-state index contributed by atoms with van der Waals surface area (Å²) in [4.78, 5) is 14.3. The predicted molar refractivity (Wildman–Crippen MR) is 82.1 cm³/mol. The molecule has 0 aliphatic rings. The summed E-state index contributed by atoms with van der Waals surface area (Å²) in [6, 6.07) is 7.67. The van der Waals surface area contributed by atoms with E-state index in [-0.39, 0.29) is 0 Å². The van der Waals surface area contributed by atoms with Gasteiger partial charge in [-0.25, -0.2) is 4.79 Å². The zero-order chi connectivity index (χ0) is 15.7. The number of azide groups is 1. The second-order valence-corrected chi connectivity index (χ2v) is 5.11. The van der Waals surface area contributed by atoms with Gasteiger partial charge in [-0.15, -0.1) is 0 Å². The molecule has 1 atom stereocenters. The number of hydrogen-bond acceptors (Lipinski definition) is 3. The Balaban J connectivity index is 2.78. The molecule has 1 rings (SSSR count). The number of hydrogen-bond donors (Lipinski definition) is 2. The van der Waals surface area contributed by atoms with Crippen molar-refractivity contribution in [1.29, 1.82) is 0 Å². The largest absolute Gasteiger partial charge is 0.480 e. The van der Waals surface area contributed by atoms with E-state index in [1.165, 1.54) is 5.56 Å². The van der Waals surface area contributed by atoms with E-state index < -0.39 is 11.5 Å². The van der Waals surface area contributed by atoms with E-state index in [0.29, 0.717) is 19.5 Å². The van der Waals surface area contributed by atoms with E-state index in [0.717, 1.165) is 18.4 Å². The van der Waals surface area contributed by atoms with Gasteiger partial charge < -0.3 is 5.11 Å². The van der Waals surface area contributed by atoms with E-state index in [2.05, 4.69) is 22.3 Å². The minimum Gasteiger partial charge on any atom is -0.480 e. The Morgan fingerprint density at radius 3 is 2.62 bits per heavy atom. The number of aryl methyl sites for hydroxylation is 1. The van der Waals surface area contributed by atoms with Crippen molar-refractivity contribution in [2.75, 3.05) is 13.1 Å².